The highest BCUT2D eigenvalue weighted by atomic mass is 16.3. The SMILES string of the molecule is Cc1cccnc1C1(O)CCN(C(=O)c2ccco2)CC1. The minimum absolute atomic E-state index is 0.125. The molecule has 0 unspecified atom stereocenters. The van der Waals surface area contributed by atoms with Gasteiger partial charge >= 0.3 is 0 Å². The Hall–Kier alpha value is -2.14. The molecule has 21 heavy (non-hydrogen) atoms. The van der Waals surface area contributed by atoms with Gasteiger partial charge in [0.25, 0.3) is 5.91 Å². The third-order valence-electron chi connectivity index (χ3n) is 4.06. The van der Waals surface area contributed by atoms with E-state index in [2.05, 4.69) is 4.98 Å². The summed E-state index contributed by atoms with van der Waals surface area (Å²) < 4.78 is 5.14. The zero-order valence-corrected chi connectivity index (χ0v) is 12.0. The fourth-order valence-corrected chi connectivity index (χ4v) is 2.85. The number of rotatable bonds is 2. The number of hydrogen-bond acceptors (Lipinski definition) is 4. The van der Waals surface area contributed by atoms with E-state index in [0.717, 1.165) is 11.3 Å². The second-order valence-electron chi connectivity index (χ2n) is 5.47. The highest BCUT2D eigenvalue weighted by Gasteiger charge is 2.38. The molecule has 0 aliphatic carbocycles. The van der Waals surface area contributed by atoms with Crippen molar-refractivity contribution in [2.24, 2.45) is 0 Å². The molecule has 0 aromatic carbocycles. The van der Waals surface area contributed by atoms with Crippen LogP contribution in [-0.4, -0.2) is 34.0 Å². The largest absolute Gasteiger partial charge is 0.459 e. The highest BCUT2D eigenvalue weighted by Crippen LogP contribution is 2.33. The Labute approximate surface area is 123 Å². The Balaban J connectivity index is 1.73. The molecule has 1 amide bonds. The van der Waals surface area contributed by atoms with Gasteiger partial charge in [0.15, 0.2) is 5.76 Å². The lowest BCUT2D eigenvalue weighted by Gasteiger charge is -2.38. The summed E-state index contributed by atoms with van der Waals surface area (Å²) in [4.78, 5) is 18.2. The van der Waals surface area contributed by atoms with E-state index in [4.69, 9.17) is 4.42 Å². The van der Waals surface area contributed by atoms with Gasteiger partial charge in [-0.25, -0.2) is 0 Å². The average molecular weight is 286 g/mol. The Kier molecular flexibility index (Phi) is 3.51. The minimum Gasteiger partial charge on any atom is -0.459 e. The van der Waals surface area contributed by atoms with Crippen molar-refractivity contribution in [1.82, 2.24) is 9.88 Å². The first-order chi connectivity index (χ1) is 10.1. The van der Waals surface area contributed by atoms with Crippen LogP contribution >= 0.6 is 0 Å². The minimum atomic E-state index is -0.953. The molecule has 0 bridgehead atoms. The number of hydrogen-bond donors (Lipinski definition) is 1. The summed E-state index contributed by atoms with van der Waals surface area (Å²) in [6.07, 6.45) is 4.15. The Morgan fingerprint density at radius 3 is 2.71 bits per heavy atom. The van der Waals surface area contributed by atoms with E-state index in [9.17, 15) is 9.90 Å². The molecule has 3 heterocycles. The van der Waals surface area contributed by atoms with Gasteiger partial charge in [-0.3, -0.25) is 9.78 Å². The molecule has 2 aromatic heterocycles. The van der Waals surface area contributed by atoms with E-state index in [-0.39, 0.29) is 5.91 Å². The predicted octanol–water partition coefficient (Wildman–Crippen LogP) is 2.11. The Morgan fingerprint density at radius 1 is 1.33 bits per heavy atom. The van der Waals surface area contributed by atoms with Gasteiger partial charge in [0, 0.05) is 19.3 Å². The number of aliphatic hydroxyl groups is 1. The van der Waals surface area contributed by atoms with Crippen LogP contribution in [0, 0.1) is 6.92 Å². The Bertz CT molecular complexity index is 629. The van der Waals surface area contributed by atoms with Crippen molar-refractivity contribution in [3.8, 4) is 0 Å². The summed E-state index contributed by atoms with van der Waals surface area (Å²) in [7, 11) is 0. The third kappa shape index (κ3) is 2.56. The van der Waals surface area contributed by atoms with Crippen LogP contribution in [0.4, 0.5) is 0 Å². The lowest BCUT2D eigenvalue weighted by atomic mass is 9.85. The van der Waals surface area contributed by atoms with Crippen molar-refractivity contribution in [3.05, 3.63) is 53.7 Å². The highest BCUT2D eigenvalue weighted by molar-refractivity contribution is 5.91. The molecule has 0 atom stereocenters. The molecule has 0 radical (unpaired) electrons. The van der Waals surface area contributed by atoms with Gasteiger partial charge < -0.3 is 14.4 Å². The van der Waals surface area contributed by atoms with Crippen molar-refractivity contribution in [3.63, 3.8) is 0 Å². The molecule has 0 saturated carbocycles. The van der Waals surface area contributed by atoms with E-state index < -0.39 is 5.60 Å². The number of pyridine rings is 1. The van der Waals surface area contributed by atoms with Crippen molar-refractivity contribution < 1.29 is 14.3 Å². The zero-order valence-electron chi connectivity index (χ0n) is 12.0. The maximum absolute atomic E-state index is 12.2. The van der Waals surface area contributed by atoms with Gasteiger partial charge in [0.2, 0.25) is 0 Å². The number of carbonyl (C=O) groups is 1. The van der Waals surface area contributed by atoms with Crippen LogP contribution in [-0.2, 0) is 5.60 Å². The predicted molar refractivity (Wildman–Crippen MR) is 76.7 cm³/mol. The molecule has 110 valence electrons. The van der Waals surface area contributed by atoms with Crippen LogP contribution in [0.5, 0.6) is 0 Å². The molecule has 5 nitrogen and oxygen atoms in total. The molecule has 2 aromatic rings. The molecule has 1 saturated heterocycles. The smallest absolute Gasteiger partial charge is 0.289 e. The summed E-state index contributed by atoms with van der Waals surface area (Å²) >= 11 is 0. The molecule has 0 spiro atoms. The van der Waals surface area contributed by atoms with E-state index >= 15 is 0 Å². The van der Waals surface area contributed by atoms with Crippen LogP contribution in [0.1, 0.15) is 34.7 Å². The maximum Gasteiger partial charge on any atom is 0.289 e. The topological polar surface area (TPSA) is 66.6 Å². The number of likely N-dealkylation sites (tertiary alicyclic amines) is 1. The lowest BCUT2D eigenvalue weighted by molar-refractivity contribution is -0.0254. The summed E-state index contributed by atoms with van der Waals surface area (Å²) in [6.45, 7) is 2.93. The van der Waals surface area contributed by atoms with Gasteiger partial charge in [-0.2, -0.15) is 0 Å². The van der Waals surface area contributed by atoms with E-state index in [0.29, 0.717) is 31.7 Å². The third-order valence-corrected chi connectivity index (χ3v) is 4.06. The monoisotopic (exact) mass is 286 g/mol. The summed E-state index contributed by atoms with van der Waals surface area (Å²) in [6, 6.07) is 7.16. The molecule has 3 rings (SSSR count). The van der Waals surface area contributed by atoms with Crippen LogP contribution in [0.3, 0.4) is 0 Å². The standard InChI is InChI=1S/C16H18N2O3/c1-12-4-2-8-17-14(12)16(20)6-9-18(10-7-16)15(19)13-5-3-11-21-13/h2-5,8,11,20H,6-7,9-10H2,1H3. The number of piperidine rings is 1. The van der Waals surface area contributed by atoms with Crippen LogP contribution in [0.15, 0.2) is 41.1 Å². The molecule has 1 N–H and O–H groups in total. The molecule has 1 aliphatic heterocycles. The van der Waals surface area contributed by atoms with E-state index in [1.165, 1.54) is 6.26 Å². The zero-order chi connectivity index (χ0) is 14.9. The van der Waals surface area contributed by atoms with Gasteiger partial charge in [-0.15, -0.1) is 0 Å². The molecular weight excluding hydrogens is 268 g/mol. The molecule has 5 heteroatoms. The number of furan rings is 1. The van der Waals surface area contributed by atoms with Gasteiger partial charge in [-0.05, 0) is 43.5 Å². The first-order valence-corrected chi connectivity index (χ1v) is 7.07. The number of nitrogens with zero attached hydrogens (tertiary/aromatic N) is 2. The second-order valence-corrected chi connectivity index (χ2v) is 5.47. The summed E-state index contributed by atoms with van der Waals surface area (Å²) in [5.74, 6) is 0.217. The number of amides is 1. The average Bonchev–Trinajstić information content (AvgIpc) is 3.02. The van der Waals surface area contributed by atoms with Gasteiger partial charge in [0.05, 0.1) is 12.0 Å². The summed E-state index contributed by atoms with van der Waals surface area (Å²) in [5.41, 5.74) is 0.742. The quantitative estimate of drug-likeness (QED) is 0.918. The number of carbonyl (C=O) groups excluding carboxylic acids is 1. The van der Waals surface area contributed by atoms with Crippen LogP contribution in [0.2, 0.25) is 0 Å². The lowest BCUT2D eigenvalue weighted by Crippen LogP contribution is -2.45. The number of aryl methyl sites for hydroxylation is 1. The fourth-order valence-electron chi connectivity index (χ4n) is 2.85. The molecule has 1 fully saturated rings. The van der Waals surface area contributed by atoms with E-state index in [1.807, 2.05) is 19.1 Å². The second kappa shape index (κ2) is 5.33. The Morgan fingerprint density at radius 2 is 2.10 bits per heavy atom. The van der Waals surface area contributed by atoms with E-state index in [1.54, 1.807) is 23.2 Å². The molecule has 1 aliphatic rings. The fraction of sp³-hybridized carbons (Fsp3) is 0.375. The first kappa shape index (κ1) is 13.8. The maximum atomic E-state index is 12.2. The van der Waals surface area contributed by atoms with Gasteiger partial charge in [0.1, 0.15) is 5.60 Å². The number of aromatic nitrogens is 1. The first-order valence-electron chi connectivity index (χ1n) is 7.07. The van der Waals surface area contributed by atoms with Crippen LogP contribution in [0.25, 0.3) is 0 Å². The van der Waals surface area contributed by atoms with Gasteiger partial charge in [-0.1, -0.05) is 6.07 Å². The van der Waals surface area contributed by atoms with Crippen molar-refractivity contribution in [2.75, 3.05) is 13.1 Å². The molecular formula is C16H18N2O3. The van der Waals surface area contributed by atoms with Crippen molar-refractivity contribution in [1.29, 1.82) is 0 Å². The van der Waals surface area contributed by atoms with Crippen molar-refractivity contribution >= 4 is 5.91 Å². The normalized spacial score (nSPS) is 17.7. The van der Waals surface area contributed by atoms with Crippen molar-refractivity contribution in [2.45, 2.75) is 25.4 Å². The van der Waals surface area contributed by atoms with Crippen LogP contribution < -0.4 is 0 Å². The summed E-state index contributed by atoms with van der Waals surface area (Å²) in [5, 5.41) is 10.8.